The van der Waals surface area contributed by atoms with Gasteiger partial charge >= 0.3 is 0 Å². The Hall–Kier alpha value is -3.62. The molecule has 0 fully saturated rings. The van der Waals surface area contributed by atoms with E-state index in [4.69, 9.17) is 4.74 Å². The minimum Gasteiger partial charge on any atom is -0.508 e. The smallest absolute Gasteiger partial charge is 0.273 e. The van der Waals surface area contributed by atoms with Crippen LogP contribution in [0, 0.1) is 10.1 Å². The Bertz CT molecular complexity index is 864. The van der Waals surface area contributed by atoms with Crippen molar-refractivity contribution in [2.24, 2.45) is 0 Å². The summed E-state index contributed by atoms with van der Waals surface area (Å²) in [6.07, 6.45) is 0. The van der Waals surface area contributed by atoms with Crippen LogP contribution >= 0.6 is 0 Å². The molecule has 0 aliphatic carbocycles. The number of nitro groups is 1. The van der Waals surface area contributed by atoms with Gasteiger partial charge in [0.05, 0.1) is 22.2 Å². The number of anilines is 2. The average molecular weight is 329 g/mol. The Morgan fingerprint density at radius 1 is 1.29 bits per heavy atom. The first-order valence-electron chi connectivity index (χ1n) is 6.79. The van der Waals surface area contributed by atoms with Crippen LogP contribution in [0.1, 0.15) is 10.4 Å². The Labute approximate surface area is 135 Å². The van der Waals surface area contributed by atoms with Crippen LogP contribution < -0.4 is 15.4 Å². The first-order chi connectivity index (χ1) is 11.4. The molecule has 9 heteroatoms. The summed E-state index contributed by atoms with van der Waals surface area (Å²) in [6.45, 7) is -0.0777. The van der Waals surface area contributed by atoms with E-state index in [1.807, 2.05) is 0 Å². The zero-order valence-corrected chi connectivity index (χ0v) is 12.1. The van der Waals surface area contributed by atoms with E-state index in [1.165, 1.54) is 6.07 Å². The van der Waals surface area contributed by atoms with Crippen molar-refractivity contribution in [2.75, 3.05) is 17.2 Å². The van der Waals surface area contributed by atoms with E-state index in [0.29, 0.717) is 17.1 Å². The Morgan fingerprint density at radius 2 is 2.08 bits per heavy atom. The quantitative estimate of drug-likeness (QED) is 0.582. The van der Waals surface area contributed by atoms with Crippen LogP contribution in [-0.2, 0) is 4.79 Å². The summed E-state index contributed by atoms with van der Waals surface area (Å²) in [4.78, 5) is 33.6. The highest BCUT2D eigenvalue weighted by molar-refractivity contribution is 6.05. The number of aromatic hydroxyl groups is 1. The number of ether oxygens (including phenoxy) is 1. The second-order valence-electron chi connectivity index (χ2n) is 5.00. The number of carbonyl (C=O) groups excluding carboxylic acids is 2. The topological polar surface area (TPSA) is 131 Å². The van der Waals surface area contributed by atoms with Crippen LogP contribution in [0.4, 0.5) is 17.1 Å². The van der Waals surface area contributed by atoms with Gasteiger partial charge in [0.15, 0.2) is 6.61 Å². The molecule has 2 amide bonds. The number of nitro benzene ring substituents is 1. The molecular weight excluding hydrogens is 318 g/mol. The van der Waals surface area contributed by atoms with Gasteiger partial charge in [-0.15, -0.1) is 0 Å². The maximum atomic E-state index is 12.2. The van der Waals surface area contributed by atoms with Crippen LogP contribution in [-0.4, -0.2) is 28.5 Å². The van der Waals surface area contributed by atoms with Gasteiger partial charge in [-0.2, -0.15) is 0 Å². The molecule has 0 radical (unpaired) electrons. The molecule has 0 spiro atoms. The van der Waals surface area contributed by atoms with Gasteiger partial charge in [-0.25, -0.2) is 0 Å². The van der Waals surface area contributed by atoms with E-state index in [9.17, 15) is 24.8 Å². The van der Waals surface area contributed by atoms with Gasteiger partial charge in [0.2, 0.25) is 0 Å². The second kappa shape index (κ2) is 5.88. The maximum Gasteiger partial charge on any atom is 0.273 e. The van der Waals surface area contributed by atoms with Crippen molar-refractivity contribution in [1.82, 2.24) is 0 Å². The van der Waals surface area contributed by atoms with E-state index in [1.54, 1.807) is 12.1 Å². The lowest BCUT2D eigenvalue weighted by Gasteiger charge is -2.18. The van der Waals surface area contributed by atoms with Crippen molar-refractivity contribution < 1.29 is 24.4 Å². The molecule has 0 atom stereocenters. The number of benzene rings is 2. The summed E-state index contributed by atoms with van der Waals surface area (Å²) in [6, 6.07) is 7.76. The standard InChI is InChI=1S/C15H11N3O6/c19-11-4-8(3-10(6-11)18(22)23)15(21)16-9-1-2-13-12(5-9)17-14(20)7-24-13/h1-6,19H,7H2,(H,16,21)(H,17,20). The SMILES string of the molecule is O=C1COc2ccc(NC(=O)c3cc(O)cc([N+](=O)[O-])c3)cc2N1. The molecule has 3 N–H and O–H groups in total. The predicted molar refractivity (Wildman–Crippen MR) is 83.3 cm³/mol. The molecule has 9 nitrogen and oxygen atoms in total. The van der Waals surface area contributed by atoms with Crippen LogP contribution in [0.25, 0.3) is 0 Å². The minimum atomic E-state index is -0.706. The number of phenolic OH excluding ortho intramolecular Hbond substituents is 1. The highest BCUT2D eigenvalue weighted by Gasteiger charge is 2.18. The normalized spacial score (nSPS) is 12.6. The number of hydrogen-bond acceptors (Lipinski definition) is 6. The third kappa shape index (κ3) is 3.09. The first-order valence-corrected chi connectivity index (χ1v) is 6.79. The van der Waals surface area contributed by atoms with Crippen LogP contribution in [0.3, 0.4) is 0 Å². The molecule has 0 saturated heterocycles. The number of nitrogens with zero attached hydrogens (tertiary/aromatic N) is 1. The number of carbonyl (C=O) groups is 2. The van der Waals surface area contributed by atoms with E-state index >= 15 is 0 Å². The summed E-state index contributed by atoms with van der Waals surface area (Å²) in [5.74, 6) is -0.868. The second-order valence-corrected chi connectivity index (χ2v) is 5.00. The molecular formula is C15H11N3O6. The first kappa shape index (κ1) is 15.3. The lowest BCUT2D eigenvalue weighted by atomic mass is 10.1. The number of rotatable bonds is 3. The zero-order chi connectivity index (χ0) is 17.3. The van der Waals surface area contributed by atoms with E-state index < -0.39 is 16.5 Å². The molecule has 0 bridgehead atoms. The van der Waals surface area contributed by atoms with Crippen molar-refractivity contribution >= 4 is 28.9 Å². The van der Waals surface area contributed by atoms with Gasteiger partial charge < -0.3 is 20.5 Å². The summed E-state index contributed by atoms with van der Waals surface area (Å²) in [5.41, 5.74) is 0.299. The van der Waals surface area contributed by atoms with Gasteiger partial charge in [0.1, 0.15) is 11.5 Å². The summed E-state index contributed by atoms with van der Waals surface area (Å²) in [7, 11) is 0. The van der Waals surface area contributed by atoms with E-state index in [2.05, 4.69) is 10.6 Å². The fourth-order valence-corrected chi connectivity index (χ4v) is 2.20. The highest BCUT2D eigenvalue weighted by atomic mass is 16.6. The third-order valence-corrected chi connectivity index (χ3v) is 3.25. The molecule has 3 rings (SSSR count). The number of hydrogen-bond donors (Lipinski definition) is 3. The summed E-state index contributed by atoms with van der Waals surface area (Å²) in [5, 5.41) is 25.4. The monoisotopic (exact) mass is 329 g/mol. The average Bonchev–Trinajstić information content (AvgIpc) is 2.53. The van der Waals surface area contributed by atoms with E-state index in [-0.39, 0.29) is 23.8 Å². The van der Waals surface area contributed by atoms with Crippen molar-refractivity contribution in [2.45, 2.75) is 0 Å². The Morgan fingerprint density at radius 3 is 2.83 bits per heavy atom. The molecule has 1 aliphatic rings. The molecule has 24 heavy (non-hydrogen) atoms. The fourth-order valence-electron chi connectivity index (χ4n) is 2.20. The van der Waals surface area contributed by atoms with Crippen LogP contribution in [0.15, 0.2) is 36.4 Å². The zero-order valence-electron chi connectivity index (χ0n) is 12.1. The minimum absolute atomic E-state index is 0.0697. The molecule has 0 unspecified atom stereocenters. The molecule has 0 saturated carbocycles. The van der Waals surface area contributed by atoms with Crippen LogP contribution in [0.5, 0.6) is 11.5 Å². The van der Waals surface area contributed by atoms with Gasteiger partial charge in [0, 0.05) is 11.8 Å². The lowest BCUT2D eigenvalue weighted by Crippen LogP contribution is -2.25. The van der Waals surface area contributed by atoms with Gasteiger partial charge in [-0.3, -0.25) is 19.7 Å². The molecule has 2 aromatic rings. The number of non-ortho nitro benzene ring substituents is 1. The maximum absolute atomic E-state index is 12.2. The van der Waals surface area contributed by atoms with Crippen molar-refractivity contribution in [3.8, 4) is 11.5 Å². The number of nitrogens with one attached hydrogen (secondary N) is 2. The molecule has 2 aromatic carbocycles. The molecule has 0 aromatic heterocycles. The Kier molecular flexibility index (Phi) is 3.74. The number of phenols is 1. The summed E-state index contributed by atoms with van der Waals surface area (Å²) < 4.78 is 5.21. The van der Waals surface area contributed by atoms with Gasteiger partial charge in [-0.1, -0.05) is 0 Å². The number of fused-ring (bicyclic) bond motifs is 1. The fraction of sp³-hybridized carbons (Fsp3) is 0.0667. The highest BCUT2D eigenvalue weighted by Crippen LogP contribution is 2.31. The lowest BCUT2D eigenvalue weighted by molar-refractivity contribution is -0.385. The van der Waals surface area contributed by atoms with Crippen LogP contribution in [0.2, 0.25) is 0 Å². The molecule has 122 valence electrons. The Balaban J connectivity index is 1.84. The molecule has 1 heterocycles. The van der Waals surface area contributed by atoms with Crippen molar-refractivity contribution in [3.63, 3.8) is 0 Å². The molecule has 1 aliphatic heterocycles. The largest absolute Gasteiger partial charge is 0.508 e. The van der Waals surface area contributed by atoms with Gasteiger partial charge in [-0.05, 0) is 24.3 Å². The predicted octanol–water partition coefficient (Wildman–Crippen LogP) is 1.88. The van der Waals surface area contributed by atoms with E-state index in [0.717, 1.165) is 18.2 Å². The van der Waals surface area contributed by atoms with Gasteiger partial charge in [0.25, 0.3) is 17.5 Å². The third-order valence-electron chi connectivity index (χ3n) is 3.25. The summed E-state index contributed by atoms with van der Waals surface area (Å²) >= 11 is 0. The van der Waals surface area contributed by atoms with Crippen molar-refractivity contribution in [1.29, 1.82) is 0 Å². The van der Waals surface area contributed by atoms with Crippen molar-refractivity contribution in [3.05, 3.63) is 52.1 Å². The number of amides is 2.